The van der Waals surface area contributed by atoms with Crippen LogP contribution in [-0.2, 0) is 11.3 Å². The summed E-state index contributed by atoms with van der Waals surface area (Å²) in [6.07, 6.45) is 3.24. The minimum Gasteiger partial charge on any atom is -0.481 e. The second-order valence-corrected chi connectivity index (χ2v) is 3.54. The Morgan fingerprint density at radius 1 is 1.47 bits per heavy atom. The van der Waals surface area contributed by atoms with Crippen molar-refractivity contribution in [1.29, 1.82) is 0 Å². The van der Waals surface area contributed by atoms with Crippen molar-refractivity contribution in [1.82, 2.24) is 25.6 Å². The van der Waals surface area contributed by atoms with Crippen molar-refractivity contribution in [2.24, 2.45) is 5.92 Å². The SMILES string of the molecule is CC(CNC(=O)NCCn1ccnn1)C(=O)O. The molecular weight excluding hydrogens is 226 g/mol. The summed E-state index contributed by atoms with van der Waals surface area (Å²) >= 11 is 0. The van der Waals surface area contributed by atoms with Crippen molar-refractivity contribution < 1.29 is 14.7 Å². The molecule has 0 bridgehead atoms. The number of carboxylic acids is 1. The first-order valence-corrected chi connectivity index (χ1v) is 5.18. The number of amides is 2. The number of aromatic nitrogens is 3. The van der Waals surface area contributed by atoms with Crippen molar-refractivity contribution in [3.05, 3.63) is 12.4 Å². The van der Waals surface area contributed by atoms with Crippen LogP contribution in [0.3, 0.4) is 0 Å². The summed E-state index contributed by atoms with van der Waals surface area (Å²) < 4.78 is 1.58. The number of aliphatic carboxylic acids is 1. The Morgan fingerprint density at radius 2 is 2.24 bits per heavy atom. The maximum atomic E-state index is 11.2. The second-order valence-electron chi connectivity index (χ2n) is 3.54. The van der Waals surface area contributed by atoms with Gasteiger partial charge in [-0.1, -0.05) is 12.1 Å². The summed E-state index contributed by atoms with van der Waals surface area (Å²) in [7, 11) is 0. The van der Waals surface area contributed by atoms with Gasteiger partial charge in [0.2, 0.25) is 0 Å². The minimum atomic E-state index is -0.937. The molecule has 94 valence electrons. The van der Waals surface area contributed by atoms with E-state index in [1.54, 1.807) is 17.1 Å². The van der Waals surface area contributed by atoms with Gasteiger partial charge in [-0.15, -0.1) is 5.10 Å². The van der Waals surface area contributed by atoms with Gasteiger partial charge in [0.05, 0.1) is 18.7 Å². The molecule has 0 aromatic carbocycles. The van der Waals surface area contributed by atoms with Gasteiger partial charge in [-0.3, -0.25) is 9.48 Å². The van der Waals surface area contributed by atoms with Crippen LogP contribution in [0, 0.1) is 5.92 Å². The Kier molecular flexibility index (Phi) is 4.92. The van der Waals surface area contributed by atoms with E-state index < -0.39 is 17.9 Å². The molecule has 8 nitrogen and oxygen atoms in total. The molecule has 1 aromatic heterocycles. The van der Waals surface area contributed by atoms with Gasteiger partial charge < -0.3 is 15.7 Å². The molecule has 3 N–H and O–H groups in total. The highest BCUT2D eigenvalue weighted by Crippen LogP contribution is 1.90. The molecule has 0 aliphatic heterocycles. The van der Waals surface area contributed by atoms with Crippen molar-refractivity contribution in [2.75, 3.05) is 13.1 Å². The predicted octanol–water partition coefficient (Wildman–Crippen LogP) is -0.702. The topological polar surface area (TPSA) is 109 Å². The van der Waals surface area contributed by atoms with Gasteiger partial charge in [0.25, 0.3) is 0 Å². The molecule has 1 unspecified atom stereocenters. The molecule has 0 fully saturated rings. The molecule has 0 aliphatic rings. The van der Waals surface area contributed by atoms with Crippen LogP contribution >= 0.6 is 0 Å². The van der Waals surface area contributed by atoms with Gasteiger partial charge in [-0.05, 0) is 0 Å². The zero-order valence-electron chi connectivity index (χ0n) is 9.46. The monoisotopic (exact) mass is 241 g/mol. The molecule has 2 amide bonds. The van der Waals surface area contributed by atoms with Gasteiger partial charge in [-0.2, -0.15) is 0 Å². The number of carboxylic acid groups (broad SMARTS) is 1. The Bertz CT molecular complexity index is 365. The standard InChI is InChI=1S/C9H15N5O3/c1-7(8(15)16)6-11-9(17)10-2-4-14-5-3-12-13-14/h3,5,7H,2,4,6H2,1H3,(H,15,16)(H2,10,11,17). The molecule has 0 radical (unpaired) electrons. The molecule has 1 aromatic rings. The van der Waals surface area contributed by atoms with Crippen LogP contribution in [0.1, 0.15) is 6.92 Å². The largest absolute Gasteiger partial charge is 0.481 e. The zero-order valence-corrected chi connectivity index (χ0v) is 9.46. The van der Waals surface area contributed by atoms with E-state index in [-0.39, 0.29) is 6.54 Å². The summed E-state index contributed by atoms with van der Waals surface area (Å²) in [4.78, 5) is 21.7. The van der Waals surface area contributed by atoms with E-state index in [1.165, 1.54) is 6.92 Å². The second kappa shape index (κ2) is 6.46. The molecule has 1 heterocycles. The lowest BCUT2D eigenvalue weighted by Gasteiger charge is -2.09. The quantitative estimate of drug-likeness (QED) is 0.610. The number of carbonyl (C=O) groups is 2. The lowest BCUT2D eigenvalue weighted by atomic mass is 10.2. The van der Waals surface area contributed by atoms with E-state index in [2.05, 4.69) is 20.9 Å². The van der Waals surface area contributed by atoms with Gasteiger partial charge in [-0.25, -0.2) is 4.79 Å². The molecule has 0 saturated carbocycles. The summed E-state index contributed by atoms with van der Waals surface area (Å²) in [6, 6.07) is -0.391. The summed E-state index contributed by atoms with van der Waals surface area (Å²) in [5, 5.41) is 21.0. The number of nitrogens with one attached hydrogen (secondary N) is 2. The highest BCUT2D eigenvalue weighted by Gasteiger charge is 2.11. The van der Waals surface area contributed by atoms with E-state index in [0.29, 0.717) is 13.1 Å². The van der Waals surface area contributed by atoms with Crippen LogP contribution in [0.5, 0.6) is 0 Å². The van der Waals surface area contributed by atoms with E-state index in [4.69, 9.17) is 5.11 Å². The maximum absolute atomic E-state index is 11.2. The fourth-order valence-corrected chi connectivity index (χ4v) is 1.03. The normalized spacial score (nSPS) is 11.8. The van der Waals surface area contributed by atoms with Crippen molar-refractivity contribution in [2.45, 2.75) is 13.5 Å². The fourth-order valence-electron chi connectivity index (χ4n) is 1.03. The van der Waals surface area contributed by atoms with Crippen LogP contribution in [0.4, 0.5) is 4.79 Å². The first kappa shape index (κ1) is 12.9. The molecule has 1 rings (SSSR count). The first-order chi connectivity index (χ1) is 8.09. The van der Waals surface area contributed by atoms with Gasteiger partial charge >= 0.3 is 12.0 Å². The van der Waals surface area contributed by atoms with Crippen molar-refractivity contribution in [3.63, 3.8) is 0 Å². The van der Waals surface area contributed by atoms with E-state index in [9.17, 15) is 9.59 Å². The maximum Gasteiger partial charge on any atom is 0.314 e. The smallest absolute Gasteiger partial charge is 0.314 e. The van der Waals surface area contributed by atoms with E-state index in [0.717, 1.165) is 0 Å². The van der Waals surface area contributed by atoms with Crippen LogP contribution in [0.15, 0.2) is 12.4 Å². The molecular formula is C9H15N5O3. The first-order valence-electron chi connectivity index (χ1n) is 5.18. The Balaban J connectivity index is 2.11. The molecule has 0 saturated heterocycles. The van der Waals surface area contributed by atoms with Crippen molar-refractivity contribution in [3.8, 4) is 0 Å². The molecule has 8 heteroatoms. The lowest BCUT2D eigenvalue weighted by molar-refractivity contribution is -0.140. The highest BCUT2D eigenvalue weighted by molar-refractivity contribution is 5.75. The summed E-state index contributed by atoms with van der Waals surface area (Å²) in [5.41, 5.74) is 0. The Morgan fingerprint density at radius 3 is 2.82 bits per heavy atom. The van der Waals surface area contributed by atoms with Gasteiger partial charge in [0.15, 0.2) is 0 Å². The van der Waals surface area contributed by atoms with Crippen molar-refractivity contribution >= 4 is 12.0 Å². The highest BCUT2D eigenvalue weighted by atomic mass is 16.4. The van der Waals surface area contributed by atoms with Gasteiger partial charge in [0, 0.05) is 19.3 Å². The average molecular weight is 241 g/mol. The van der Waals surface area contributed by atoms with Crippen LogP contribution in [-0.4, -0.2) is 45.2 Å². The molecule has 1 atom stereocenters. The fraction of sp³-hybridized carbons (Fsp3) is 0.556. The third kappa shape index (κ3) is 4.96. The lowest BCUT2D eigenvalue weighted by Crippen LogP contribution is -2.40. The molecule has 0 aliphatic carbocycles. The number of urea groups is 1. The third-order valence-corrected chi connectivity index (χ3v) is 2.09. The van der Waals surface area contributed by atoms with Gasteiger partial charge in [0.1, 0.15) is 0 Å². The Labute approximate surface area is 98.0 Å². The zero-order chi connectivity index (χ0) is 12.7. The van der Waals surface area contributed by atoms with Crippen LogP contribution < -0.4 is 10.6 Å². The minimum absolute atomic E-state index is 0.102. The molecule has 0 spiro atoms. The predicted molar refractivity (Wildman–Crippen MR) is 58.2 cm³/mol. The van der Waals surface area contributed by atoms with Crippen LogP contribution in [0.25, 0.3) is 0 Å². The Hall–Kier alpha value is -2.12. The number of nitrogens with zero attached hydrogens (tertiary/aromatic N) is 3. The third-order valence-electron chi connectivity index (χ3n) is 2.09. The number of rotatable bonds is 6. The van der Waals surface area contributed by atoms with E-state index >= 15 is 0 Å². The van der Waals surface area contributed by atoms with Crippen LogP contribution in [0.2, 0.25) is 0 Å². The summed E-state index contributed by atoms with van der Waals surface area (Å²) in [6.45, 7) is 2.54. The number of hydrogen-bond acceptors (Lipinski definition) is 4. The molecule has 17 heavy (non-hydrogen) atoms. The number of hydrogen-bond donors (Lipinski definition) is 3. The van der Waals surface area contributed by atoms with E-state index in [1.807, 2.05) is 0 Å². The number of carbonyl (C=O) groups excluding carboxylic acids is 1. The summed E-state index contributed by atoms with van der Waals surface area (Å²) in [5.74, 6) is -1.54. The average Bonchev–Trinajstić information content (AvgIpc) is 2.78.